The minimum Gasteiger partial charge on any atom is -0.480 e. The molecule has 0 heterocycles. The molecule has 14 heavy (non-hydrogen) atoms. The van der Waals surface area contributed by atoms with E-state index in [0.29, 0.717) is 6.42 Å². The summed E-state index contributed by atoms with van der Waals surface area (Å²) in [6.45, 7) is 2.96. The molecule has 0 aromatic rings. The third-order valence-electron chi connectivity index (χ3n) is 2.08. The Labute approximate surface area is 90.7 Å². The van der Waals surface area contributed by atoms with Crippen LogP contribution in [-0.2, 0) is 4.79 Å². The summed E-state index contributed by atoms with van der Waals surface area (Å²) < 4.78 is 0. The van der Waals surface area contributed by atoms with Crippen molar-refractivity contribution in [3.05, 3.63) is 0 Å². The van der Waals surface area contributed by atoms with Crippen molar-refractivity contribution in [2.45, 2.75) is 38.6 Å². The highest BCUT2D eigenvalue weighted by Crippen LogP contribution is 2.01. The van der Waals surface area contributed by atoms with E-state index in [4.69, 9.17) is 5.11 Å². The fourth-order valence-electron chi connectivity index (χ4n) is 1.20. The van der Waals surface area contributed by atoms with E-state index < -0.39 is 5.97 Å². The summed E-state index contributed by atoms with van der Waals surface area (Å²) in [6.07, 6.45) is 6.12. The fraction of sp³-hybridized carbons (Fsp3) is 0.900. The second kappa shape index (κ2) is 9.34. The van der Waals surface area contributed by atoms with Crippen LogP contribution in [0, 0.1) is 0 Å². The summed E-state index contributed by atoms with van der Waals surface area (Å²) in [5.41, 5.74) is 0. The number of carboxylic acids is 1. The Morgan fingerprint density at radius 1 is 1.50 bits per heavy atom. The van der Waals surface area contributed by atoms with Gasteiger partial charge in [-0.25, -0.2) is 0 Å². The third kappa shape index (κ3) is 7.21. The lowest BCUT2D eigenvalue weighted by atomic mass is 10.2. The van der Waals surface area contributed by atoms with Gasteiger partial charge >= 0.3 is 5.97 Å². The average molecular weight is 219 g/mol. The molecule has 0 aliphatic rings. The lowest BCUT2D eigenvalue weighted by molar-refractivity contribution is -0.139. The van der Waals surface area contributed by atoms with E-state index >= 15 is 0 Å². The van der Waals surface area contributed by atoms with Gasteiger partial charge < -0.3 is 10.4 Å². The molecule has 0 fully saturated rings. The Morgan fingerprint density at radius 3 is 2.71 bits per heavy atom. The van der Waals surface area contributed by atoms with Gasteiger partial charge in [-0.15, -0.1) is 0 Å². The van der Waals surface area contributed by atoms with Crippen LogP contribution in [0.25, 0.3) is 0 Å². The largest absolute Gasteiger partial charge is 0.480 e. The number of carbonyl (C=O) groups is 1. The molecule has 0 saturated carbocycles. The molecule has 0 aliphatic heterocycles. The molecule has 2 N–H and O–H groups in total. The van der Waals surface area contributed by atoms with E-state index in [-0.39, 0.29) is 6.04 Å². The summed E-state index contributed by atoms with van der Waals surface area (Å²) in [6, 6.07) is -0.362. The fourth-order valence-corrected chi connectivity index (χ4v) is 1.67. The van der Waals surface area contributed by atoms with Gasteiger partial charge in [-0.3, -0.25) is 4.79 Å². The number of rotatable bonds is 9. The second-order valence-corrected chi connectivity index (χ2v) is 4.32. The SMILES string of the molecule is CCCCCN[C@@H](CCSC)C(=O)O. The van der Waals surface area contributed by atoms with Crippen LogP contribution in [0.2, 0.25) is 0 Å². The molecule has 0 bridgehead atoms. The van der Waals surface area contributed by atoms with Crippen LogP contribution in [0.15, 0.2) is 0 Å². The number of aliphatic carboxylic acids is 1. The van der Waals surface area contributed by atoms with E-state index in [1.165, 1.54) is 12.8 Å². The van der Waals surface area contributed by atoms with Crippen molar-refractivity contribution >= 4 is 17.7 Å². The molecule has 4 heteroatoms. The molecule has 0 unspecified atom stereocenters. The Morgan fingerprint density at radius 2 is 2.21 bits per heavy atom. The highest BCUT2D eigenvalue weighted by Gasteiger charge is 2.14. The molecular weight excluding hydrogens is 198 g/mol. The molecule has 0 aromatic heterocycles. The Hall–Kier alpha value is -0.220. The summed E-state index contributed by atoms with van der Waals surface area (Å²) in [4.78, 5) is 10.8. The molecule has 1 atom stereocenters. The summed E-state index contributed by atoms with van der Waals surface area (Å²) in [5, 5.41) is 12.0. The maximum atomic E-state index is 10.8. The van der Waals surface area contributed by atoms with Crippen LogP contribution in [0.1, 0.15) is 32.6 Å². The quantitative estimate of drug-likeness (QED) is 0.582. The summed E-state index contributed by atoms with van der Waals surface area (Å²) in [5.74, 6) is 0.174. The first-order chi connectivity index (χ1) is 6.72. The third-order valence-corrected chi connectivity index (χ3v) is 2.72. The monoisotopic (exact) mass is 219 g/mol. The molecule has 3 nitrogen and oxygen atoms in total. The minimum absolute atomic E-state index is 0.362. The topological polar surface area (TPSA) is 49.3 Å². The lowest BCUT2D eigenvalue weighted by Gasteiger charge is -2.13. The zero-order chi connectivity index (χ0) is 10.8. The predicted octanol–water partition coefficient (Wildman–Crippen LogP) is 1.97. The maximum Gasteiger partial charge on any atom is 0.320 e. The lowest BCUT2D eigenvalue weighted by Crippen LogP contribution is -2.37. The van der Waals surface area contributed by atoms with Crippen molar-refractivity contribution in [1.82, 2.24) is 5.32 Å². The van der Waals surface area contributed by atoms with E-state index in [9.17, 15) is 4.79 Å². The van der Waals surface area contributed by atoms with Crippen molar-refractivity contribution < 1.29 is 9.90 Å². The number of carboxylic acid groups (broad SMARTS) is 1. The van der Waals surface area contributed by atoms with Gasteiger partial charge in [-0.05, 0) is 31.4 Å². The molecule has 0 aromatic carbocycles. The number of unbranched alkanes of at least 4 members (excludes halogenated alkanes) is 2. The van der Waals surface area contributed by atoms with Crippen LogP contribution >= 0.6 is 11.8 Å². The highest BCUT2D eigenvalue weighted by molar-refractivity contribution is 7.98. The van der Waals surface area contributed by atoms with Gasteiger partial charge in [-0.1, -0.05) is 19.8 Å². The van der Waals surface area contributed by atoms with Crippen LogP contribution in [-0.4, -0.2) is 35.7 Å². The van der Waals surface area contributed by atoms with E-state index in [2.05, 4.69) is 12.2 Å². The number of hydrogen-bond acceptors (Lipinski definition) is 3. The van der Waals surface area contributed by atoms with Crippen LogP contribution in [0.3, 0.4) is 0 Å². The Bertz CT molecular complexity index is 153. The molecule has 0 amide bonds. The van der Waals surface area contributed by atoms with Crippen molar-refractivity contribution in [1.29, 1.82) is 0 Å². The standard InChI is InChI=1S/C10H21NO2S/c1-3-4-5-7-11-9(10(12)13)6-8-14-2/h9,11H,3-8H2,1-2H3,(H,12,13)/t9-/m0/s1. The van der Waals surface area contributed by atoms with Gasteiger partial charge in [0.15, 0.2) is 0 Å². The molecule has 0 aliphatic carbocycles. The zero-order valence-electron chi connectivity index (χ0n) is 9.08. The predicted molar refractivity (Wildman–Crippen MR) is 62.0 cm³/mol. The average Bonchev–Trinajstić information content (AvgIpc) is 2.16. The van der Waals surface area contributed by atoms with Crippen molar-refractivity contribution in [3.8, 4) is 0 Å². The molecule has 0 spiro atoms. The van der Waals surface area contributed by atoms with Gasteiger partial charge in [0.05, 0.1) is 0 Å². The molecular formula is C10H21NO2S. The normalized spacial score (nSPS) is 12.7. The maximum absolute atomic E-state index is 10.8. The molecule has 84 valence electrons. The smallest absolute Gasteiger partial charge is 0.320 e. The van der Waals surface area contributed by atoms with E-state index in [1.54, 1.807) is 11.8 Å². The summed E-state index contributed by atoms with van der Waals surface area (Å²) >= 11 is 1.69. The van der Waals surface area contributed by atoms with Gasteiger partial charge in [0.2, 0.25) is 0 Å². The first-order valence-corrected chi connectivity index (χ1v) is 6.56. The van der Waals surface area contributed by atoms with Crippen molar-refractivity contribution in [3.63, 3.8) is 0 Å². The molecule has 0 radical (unpaired) electrons. The zero-order valence-corrected chi connectivity index (χ0v) is 9.90. The minimum atomic E-state index is -0.726. The number of nitrogens with one attached hydrogen (secondary N) is 1. The van der Waals surface area contributed by atoms with Crippen molar-refractivity contribution in [2.75, 3.05) is 18.6 Å². The van der Waals surface area contributed by atoms with Crippen LogP contribution < -0.4 is 5.32 Å². The van der Waals surface area contributed by atoms with E-state index in [0.717, 1.165) is 18.7 Å². The van der Waals surface area contributed by atoms with Crippen LogP contribution in [0.5, 0.6) is 0 Å². The van der Waals surface area contributed by atoms with Gasteiger partial charge in [0.25, 0.3) is 0 Å². The molecule has 0 rings (SSSR count). The second-order valence-electron chi connectivity index (χ2n) is 3.33. The number of thioether (sulfide) groups is 1. The van der Waals surface area contributed by atoms with Gasteiger partial charge in [-0.2, -0.15) is 11.8 Å². The van der Waals surface area contributed by atoms with Crippen molar-refractivity contribution in [2.24, 2.45) is 0 Å². The van der Waals surface area contributed by atoms with E-state index in [1.807, 2.05) is 6.26 Å². The number of hydrogen-bond donors (Lipinski definition) is 2. The first-order valence-electron chi connectivity index (χ1n) is 5.17. The Kier molecular flexibility index (Phi) is 9.19. The Balaban J connectivity index is 3.57. The van der Waals surface area contributed by atoms with Gasteiger partial charge in [0, 0.05) is 0 Å². The first kappa shape index (κ1) is 13.8. The highest BCUT2D eigenvalue weighted by atomic mass is 32.2. The molecule has 0 saturated heterocycles. The van der Waals surface area contributed by atoms with Crippen LogP contribution in [0.4, 0.5) is 0 Å². The van der Waals surface area contributed by atoms with Gasteiger partial charge in [0.1, 0.15) is 6.04 Å². The summed E-state index contributed by atoms with van der Waals surface area (Å²) in [7, 11) is 0.